The number of amidine groups is 1. The van der Waals surface area contributed by atoms with Crippen LogP contribution in [0.15, 0.2) is 80.7 Å². The van der Waals surface area contributed by atoms with Crippen LogP contribution in [0.2, 0.25) is 0 Å². The molecule has 30 heavy (non-hydrogen) atoms. The van der Waals surface area contributed by atoms with Crippen LogP contribution in [0.25, 0.3) is 0 Å². The van der Waals surface area contributed by atoms with Gasteiger partial charge in [-0.05, 0) is 80.4 Å². The van der Waals surface area contributed by atoms with Gasteiger partial charge in [-0.3, -0.25) is 4.79 Å². The number of nitrogens with zero attached hydrogens (tertiary/aromatic N) is 1. The van der Waals surface area contributed by atoms with Crippen molar-refractivity contribution in [1.82, 2.24) is 5.48 Å². The fourth-order valence-electron chi connectivity index (χ4n) is 2.66. The van der Waals surface area contributed by atoms with E-state index in [4.69, 9.17) is 9.57 Å². The third-order valence-electron chi connectivity index (χ3n) is 4.13. The molecular weight excluding hydrogens is 518 g/mol. The van der Waals surface area contributed by atoms with Gasteiger partial charge in [-0.15, -0.1) is 0 Å². The van der Waals surface area contributed by atoms with Gasteiger partial charge in [0.05, 0.1) is 8.95 Å². The van der Waals surface area contributed by atoms with Crippen LogP contribution in [0.3, 0.4) is 0 Å². The highest BCUT2D eigenvalue weighted by atomic mass is 79.9. The van der Waals surface area contributed by atoms with Crippen molar-refractivity contribution >= 4 is 49.3 Å². The minimum atomic E-state index is -1.05. The molecule has 1 heterocycles. The van der Waals surface area contributed by atoms with E-state index in [2.05, 4.69) is 47.6 Å². The van der Waals surface area contributed by atoms with E-state index < -0.39 is 12.1 Å². The Morgan fingerprint density at radius 2 is 1.67 bits per heavy atom. The smallest absolute Gasteiger partial charge is 0.278 e. The fourth-order valence-corrected chi connectivity index (χ4v) is 3.85. The van der Waals surface area contributed by atoms with Crippen LogP contribution >= 0.6 is 31.9 Å². The lowest BCUT2D eigenvalue weighted by molar-refractivity contribution is -0.127. The molecule has 0 radical (unpaired) electrons. The van der Waals surface area contributed by atoms with Crippen molar-refractivity contribution in [3.63, 3.8) is 0 Å². The van der Waals surface area contributed by atoms with Gasteiger partial charge < -0.3 is 15.2 Å². The Labute approximate surface area is 189 Å². The van der Waals surface area contributed by atoms with E-state index in [1.165, 1.54) is 0 Å². The van der Waals surface area contributed by atoms with Gasteiger partial charge in [0.1, 0.15) is 17.2 Å². The van der Waals surface area contributed by atoms with Crippen molar-refractivity contribution in [2.45, 2.75) is 6.23 Å². The molecule has 0 aromatic heterocycles. The molecule has 0 bridgehead atoms. The van der Waals surface area contributed by atoms with Gasteiger partial charge >= 0.3 is 0 Å². The summed E-state index contributed by atoms with van der Waals surface area (Å²) in [6, 6.07) is 19.7. The van der Waals surface area contributed by atoms with Gasteiger partial charge in [-0.25, -0.2) is 15.3 Å². The van der Waals surface area contributed by atoms with Crippen LogP contribution in [0.5, 0.6) is 17.2 Å². The van der Waals surface area contributed by atoms with Gasteiger partial charge in [0, 0.05) is 11.3 Å². The molecule has 0 aliphatic carbocycles. The monoisotopic (exact) mass is 531 g/mol. The van der Waals surface area contributed by atoms with E-state index in [0.717, 1.165) is 5.75 Å². The minimum Gasteiger partial charge on any atom is -0.506 e. The van der Waals surface area contributed by atoms with E-state index in [0.29, 0.717) is 31.8 Å². The van der Waals surface area contributed by atoms with Crippen LogP contribution in [-0.2, 0) is 9.63 Å². The largest absolute Gasteiger partial charge is 0.506 e. The average molecular weight is 533 g/mol. The first kappa shape index (κ1) is 20.4. The molecule has 1 amide bonds. The number of carbonyl (C=O) groups excluding carboxylic acids is 1. The summed E-state index contributed by atoms with van der Waals surface area (Å²) in [4.78, 5) is 22.0. The molecule has 9 heteroatoms. The van der Waals surface area contributed by atoms with Crippen LogP contribution < -0.4 is 15.5 Å². The SMILES string of the molecule is O=C(Nc1ccc(Oc2ccccc2)cc1)C1N=C(c2cc(Br)c(O)c(Br)c2)NO1. The summed E-state index contributed by atoms with van der Waals surface area (Å²) < 4.78 is 6.71. The van der Waals surface area contributed by atoms with Gasteiger partial charge in [0.25, 0.3) is 12.1 Å². The number of phenols is 1. The van der Waals surface area contributed by atoms with Crippen LogP contribution in [0.4, 0.5) is 5.69 Å². The Bertz CT molecular complexity index is 1080. The van der Waals surface area contributed by atoms with Crippen LogP contribution in [0, 0.1) is 0 Å². The number of aromatic hydroxyl groups is 1. The second-order valence-corrected chi connectivity index (χ2v) is 7.98. The zero-order valence-electron chi connectivity index (χ0n) is 15.3. The molecule has 3 aromatic rings. The lowest BCUT2D eigenvalue weighted by atomic mass is 10.2. The molecule has 0 saturated carbocycles. The number of halogens is 2. The predicted molar refractivity (Wildman–Crippen MR) is 120 cm³/mol. The number of benzene rings is 3. The summed E-state index contributed by atoms with van der Waals surface area (Å²) in [6.45, 7) is 0. The van der Waals surface area contributed by atoms with Crippen molar-refractivity contribution in [3.05, 3.63) is 81.2 Å². The highest BCUT2D eigenvalue weighted by Gasteiger charge is 2.27. The number of hydrogen-bond donors (Lipinski definition) is 3. The number of amides is 1. The summed E-state index contributed by atoms with van der Waals surface area (Å²) >= 11 is 6.53. The number of ether oxygens (including phenoxy) is 1. The third-order valence-corrected chi connectivity index (χ3v) is 5.34. The number of para-hydroxylation sites is 1. The number of nitrogens with one attached hydrogen (secondary N) is 2. The molecule has 1 atom stereocenters. The van der Waals surface area contributed by atoms with Crippen molar-refractivity contribution in [3.8, 4) is 17.2 Å². The molecule has 1 aliphatic rings. The molecule has 4 rings (SSSR count). The predicted octanol–water partition coefficient (Wildman–Crippen LogP) is 4.96. The molecule has 152 valence electrons. The highest BCUT2D eigenvalue weighted by molar-refractivity contribution is 9.11. The summed E-state index contributed by atoms with van der Waals surface area (Å²) in [5.41, 5.74) is 3.87. The normalized spacial score (nSPS) is 15.3. The van der Waals surface area contributed by atoms with Gasteiger partial charge in [0.15, 0.2) is 5.84 Å². The van der Waals surface area contributed by atoms with Crippen molar-refractivity contribution in [1.29, 1.82) is 0 Å². The van der Waals surface area contributed by atoms with E-state index in [-0.39, 0.29) is 5.75 Å². The molecule has 7 nitrogen and oxygen atoms in total. The summed E-state index contributed by atoms with van der Waals surface area (Å²) in [5, 5.41) is 12.6. The van der Waals surface area contributed by atoms with Crippen LogP contribution in [0.1, 0.15) is 5.56 Å². The molecule has 0 fully saturated rings. The number of hydrogen-bond acceptors (Lipinski definition) is 6. The Morgan fingerprint density at radius 1 is 1.03 bits per heavy atom. The maximum absolute atomic E-state index is 12.5. The second kappa shape index (κ2) is 8.86. The lowest BCUT2D eigenvalue weighted by Gasteiger charge is -2.09. The van der Waals surface area contributed by atoms with E-state index in [1.807, 2.05) is 30.3 Å². The molecule has 0 saturated heterocycles. The molecule has 3 N–H and O–H groups in total. The zero-order valence-corrected chi connectivity index (χ0v) is 18.5. The Hall–Kier alpha value is -2.88. The van der Waals surface area contributed by atoms with E-state index in [1.54, 1.807) is 36.4 Å². The minimum absolute atomic E-state index is 0.0762. The van der Waals surface area contributed by atoms with Gasteiger partial charge in [0.2, 0.25) is 0 Å². The number of rotatable bonds is 5. The van der Waals surface area contributed by atoms with Gasteiger partial charge in [-0.1, -0.05) is 18.2 Å². The Balaban J connectivity index is 1.41. The third kappa shape index (κ3) is 4.64. The number of carbonyl (C=O) groups is 1. The zero-order chi connectivity index (χ0) is 21.1. The first-order valence-corrected chi connectivity index (χ1v) is 10.4. The second-order valence-electron chi connectivity index (χ2n) is 6.27. The molecular formula is C21H15Br2N3O4. The highest BCUT2D eigenvalue weighted by Crippen LogP contribution is 2.33. The first-order chi connectivity index (χ1) is 14.5. The summed E-state index contributed by atoms with van der Waals surface area (Å²) in [5.74, 6) is 1.41. The quantitative estimate of drug-likeness (QED) is 0.432. The fraction of sp³-hybridized carbons (Fsp3) is 0.0476. The van der Waals surface area contributed by atoms with Gasteiger partial charge in [-0.2, -0.15) is 0 Å². The van der Waals surface area contributed by atoms with Crippen LogP contribution in [-0.4, -0.2) is 23.1 Å². The number of aliphatic imine (C=N–C) groups is 1. The number of phenolic OH excluding ortho intramolecular Hbond substituents is 1. The maximum atomic E-state index is 12.5. The number of hydroxylamine groups is 1. The van der Waals surface area contributed by atoms with E-state index in [9.17, 15) is 9.90 Å². The maximum Gasteiger partial charge on any atom is 0.278 e. The molecule has 1 unspecified atom stereocenters. The standard InChI is InChI=1S/C21H15Br2N3O4/c22-16-10-12(11-17(23)18(16)27)19-25-21(30-26-19)20(28)24-13-6-8-15(9-7-13)29-14-4-2-1-3-5-14/h1-11,21,27H,(H,24,28)(H,25,26). The molecule has 1 aliphatic heterocycles. The lowest BCUT2D eigenvalue weighted by Crippen LogP contribution is -2.28. The average Bonchev–Trinajstić information content (AvgIpc) is 3.24. The summed E-state index contributed by atoms with van der Waals surface area (Å²) in [6.07, 6.45) is -1.05. The van der Waals surface area contributed by atoms with E-state index >= 15 is 0 Å². The van der Waals surface area contributed by atoms with Crippen molar-refractivity contribution in [2.75, 3.05) is 5.32 Å². The topological polar surface area (TPSA) is 92.2 Å². The van der Waals surface area contributed by atoms with Crippen molar-refractivity contribution in [2.24, 2.45) is 4.99 Å². The first-order valence-electron chi connectivity index (χ1n) is 8.81. The molecule has 0 spiro atoms. The Morgan fingerprint density at radius 3 is 2.33 bits per heavy atom. The Kier molecular flexibility index (Phi) is 6.03. The molecule has 3 aromatic carbocycles. The van der Waals surface area contributed by atoms with Crippen molar-refractivity contribution < 1.29 is 19.5 Å². The summed E-state index contributed by atoms with van der Waals surface area (Å²) in [7, 11) is 0. The number of anilines is 1.